The van der Waals surface area contributed by atoms with Crippen LogP contribution in [-0.4, -0.2) is 51.3 Å². The number of esters is 1. The van der Waals surface area contributed by atoms with E-state index in [1.54, 1.807) is 28.0 Å². The zero-order valence-corrected chi connectivity index (χ0v) is 12.8. The second kappa shape index (κ2) is 6.15. The molecule has 2 saturated heterocycles. The van der Waals surface area contributed by atoms with Crippen molar-refractivity contribution in [3.8, 4) is 0 Å². The maximum atomic E-state index is 12.0. The van der Waals surface area contributed by atoms with Crippen LogP contribution in [0.5, 0.6) is 0 Å². The summed E-state index contributed by atoms with van der Waals surface area (Å²) in [6.45, 7) is 2.17. The SMILES string of the molecule is COC(=O)Cc1ccc(N2CCNC2=O)c(N2CCNC2=O)c1. The van der Waals surface area contributed by atoms with Gasteiger partial charge in [0.15, 0.2) is 0 Å². The number of hydrogen-bond donors (Lipinski definition) is 2. The lowest BCUT2D eigenvalue weighted by atomic mass is 10.1. The predicted octanol–water partition coefficient (Wildman–Crippen LogP) is 0.461. The van der Waals surface area contributed by atoms with E-state index >= 15 is 0 Å². The maximum absolute atomic E-state index is 12.0. The molecule has 1 aromatic carbocycles. The smallest absolute Gasteiger partial charge is 0.322 e. The molecule has 0 radical (unpaired) electrons. The van der Waals surface area contributed by atoms with Gasteiger partial charge in [-0.25, -0.2) is 9.59 Å². The lowest BCUT2D eigenvalue weighted by Crippen LogP contribution is -2.33. The van der Waals surface area contributed by atoms with Crippen molar-refractivity contribution in [1.82, 2.24) is 10.6 Å². The lowest BCUT2D eigenvalue weighted by Gasteiger charge is -2.24. The first kappa shape index (κ1) is 15.1. The normalized spacial score (nSPS) is 17.3. The summed E-state index contributed by atoms with van der Waals surface area (Å²) < 4.78 is 4.68. The molecule has 0 unspecified atom stereocenters. The molecule has 4 amide bonds. The van der Waals surface area contributed by atoms with Crippen LogP contribution in [0.2, 0.25) is 0 Å². The Morgan fingerprint density at radius 3 is 2.22 bits per heavy atom. The Morgan fingerprint density at radius 1 is 1.09 bits per heavy atom. The number of hydrogen-bond acceptors (Lipinski definition) is 4. The molecule has 2 heterocycles. The molecule has 1 aromatic rings. The second-order valence-electron chi connectivity index (χ2n) is 5.34. The quantitative estimate of drug-likeness (QED) is 0.789. The van der Waals surface area contributed by atoms with Crippen molar-refractivity contribution < 1.29 is 19.1 Å². The number of nitrogens with zero attached hydrogens (tertiary/aromatic N) is 2. The van der Waals surface area contributed by atoms with Crippen molar-refractivity contribution in [1.29, 1.82) is 0 Å². The minimum absolute atomic E-state index is 0.117. The maximum Gasteiger partial charge on any atom is 0.322 e. The van der Waals surface area contributed by atoms with Crippen LogP contribution in [0, 0.1) is 0 Å². The summed E-state index contributed by atoms with van der Waals surface area (Å²) in [7, 11) is 1.33. The molecule has 23 heavy (non-hydrogen) atoms. The number of amides is 4. The Hall–Kier alpha value is -2.77. The zero-order chi connectivity index (χ0) is 16.4. The number of carbonyl (C=O) groups excluding carboxylic acids is 3. The zero-order valence-electron chi connectivity index (χ0n) is 12.8. The second-order valence-corrected chi connectivity index (χ2v) is 5.34. The summed E-state index contributed by atoms with van der Waals surface area (Å²) in [5.41, 5.74) is 2.01. The van der Waals surface area contributed by atoms with Crippen molar-refractivity contribution in [2.24, 2.45) is 0 Å². The van der Waals surface area contributed by atoms with Gasteiger partial charge < -0.3 is 15.4 Å². The summed E-state index contributed by atoms with van der Waals surface area (Å²) >= 11 is 0. The fourth-order valence-corrected chi connectivity index (χ4v) is 2.77. The van der Waals surface area contributed by atoms with Gasteiger partial charge in [0.2, 0.25) is 0 Å². The van der Waals surface area contributed by atoms with E-state index in [0.717, 1.165) is 5.56 Å². The number of ether oxygens (including phenoxy) is 1. The van der Waals surface area contributed by atoms with Gasteiger partial charge in [0, 0.05) is 26.2 Å². The molecule has 3 rings (SSSR count). The van der Waals surface area contributed by atoms with Gasteiger partial charge in [0.25, 0.3) is 0 Å². The molecule has 2 N–H and O–H groups in total. The molecule has 2 fully saturated rings. The third-order valence-electron chi connectivity index (χ3n) is 3.91. The Kier molecular flexibility index (Phi) is 4.05. The van der Waals surface area contributed by atoms with E-state index in [1.165, 1.54) is 7.11 Å². The van der Waals surface area contributed by atoms with Crippen molar-refractivity contribution in [3.05, 3.63) is 23.8 Å². The number of methoxy groups -OCH3 is 1. The Bertz CT molecular complexity index is 661. The van der Waals surface area contributed by atoms with Crippen LogP contribution in [0.25, 0.3) is 0 Å². The average Bonchev–Trinajstić information content (AvgIpc) is 3.15. The first-order valence-electron chi connectivity index (χ1n) is 7.40. The molecule has 2 aliphatic rings. The topological polar surface area (TPSA) is 91.0 Å². The first-order valence-corrected chi connectivity index (χ1v) is 7.40. The molecular formula is C15H18N4O4. The van der Waals surface area contributed by atoms with Gasteiger partial charge in [-0.1, -0.05) is 6.07 Å². The van der Waals surface area contributed by atoms with Crippen LogP contribution in [-0.2, 0) is 16.0 Å². The summed E-state index contributed by atoms with van der Waals surface area (Å²) in [5, 5.41) is 5.49. The van der Waals surface area contributed by atoms with E-state index in [1.807, 2.05) is 0 Å². The van der Waals surface area contributed by atoms with Crippen molar-refractivity contribution in [2.45, 2.75) is 6.42 Å². The van der Waals surface area contributed by atoms with Gasteiger partial charge in [0.1, 0.15) is 0 Å². The average molecular weight is 318 g/mol. The molecule has 0 bridgehead atoms. The highest BCUT2D eigenvalue weighted by atomic mass is 16.5. The highest BCUT2D eigenvalue weighted by molar-refractivity contribution is 6.03. The summed E-state index contributed by atoms with van der Waals surface area (Å²) in [6.07, 6.45) is 0.117. The molecule has 122 valence electrons. The third-order valence-corrected chi connectivity index (χ3v) is 3.91. The van der Waals surface area contributed by atoms with Gasteiger partial charge in [0.05, 0.1) is 24.9 Å². The summed E-state index contributed by atoms with van der Waals surface area (Å²) in [5.74, 6) is -0.353. The van der Waals surface area contributed by atoms with E-state index < -0.39 is 0 Å². The van der Waals surface area contributed by atoms with Crippen LogP contribution in [0.3, 0.4) is 0 Å². The summed E-state index contributed by atoms with van der Waals surface area (Å²) in [6, 6.07) is 4.91. The van der Waals surface area contributed by atoms with Crippen LogP contribution < -0.4 is 20.4 Å². The number of anilines is 2. The standard InChI is InChI=1S/C15H18N4O4/c1-23-13(20)9-10-2-3-11(18-6-4-16-14(18)21)12(8-10)19-7-5-17-15(19)22/h2-3,8H,4-7,9H2,1H3,(H,16,21)(H,17,22). The predicted molar refractivity (Wildman–Crippen MR) is 83.7 cm³/mol. The molecule has 0 atom stereocenters. The minimum atomic E-state index is -0.353. The Labute approximate surface area is 133 Å². The highest BCUT2D eigenvalue weighted by Crippen LogP contribution is 2.32. The van der Waals surface area contributed by atoms with Gasteiger partial charge in [-0.3, -0.25) is 14.6 Å². The largest absolute Gasteiger partial charge is 0.469 e. The van der Waals surface area contributed by atoms with Crippen molar-refractivity contribution in [2.75, 3.05) is 43.1 Å². The van der Waals surface area contributed by atoms with Crippen molar-refractivity contribution in [3.63, 3.8) is 0 Å². The minimum Gasteiger partial charge on any atom is -0.469 e. The molecule has 0 spiro atoms. The Balaban J connectivity index is 1.99. The first-order chi connectivity index (χ1) is 11.1. The van der Waals surface area contributed by atoms with Crippen LogP contribution in [0.4, 0.5) is 21.0 Å². The van der Waals surface area contributed by atoms with E-state index in [9.17, 15) is 14.4 Å². The Morgan fingerprint density at radius 2 is 1.70 bits per heavy atom. The van der Waals surface area contributed by atoms with E-state index in [0.29, 0.717) is 37.6 Å². The summed E-state index contributed by atoms with van der Waals surface area (Å²) in [4.78, 5) is 38.6. The van der Waals surface area contributed by atoms with Crippen LogP contribution in [0.15, 0.2) is 18.2 Å². The van der Waals surface area contributed by atoms with Gasteiger partial charge >= 0.3 is 18.0 Å². The number of carbonyl (C=O) groups is 3. The molecule has 0 saturated carbocycles. The van der Waals surface area contributed by atoms with Crippen LogP contribution in [0.1, 0.15) is 5.56 Å². The molecule has 2 aliphatic heterocycles. The van der Waals surface area contributed by atoms with E-state index in [-0.39, 0.29) is 24.5 Å². The van der Waals surface area contributed by atoms with Gasteiger partial charge in [-0.2, -0.15) is 0 Å². The van der Waals surface area contributed by atoms with Gasteiger partial charge in [-0.15, -0.1) is 0 Å². The third kappa shape index (κ3) is 2.92. The lowest BCUT2D eigenvalue weighted by molar-refractivity contribution is -0.139. The van der Waals surface area contributed by atoms with Gasteiger partial charge in [-0.05, 0) is 17.7 Å². The fraction of sp³-hybridized carbons (Fsp3) is 0.400. The number of rotatable bonds is 4. The van der Waals surface area contributed by atoms with E-state index in [2.05, 4.69) is 15.4 Å². The number of urea groups is 2. The molecule has 8 nitrogen and oxygen atoms in total. The molecule has 0 aliphatic carbocycles. The molecule has 8 heteroatoms. The number of nitrogens with one attached hydrogen (secondary N) is 2. The molecule has 0 aromatic heterocycles. The van der Waals surface area contributed by atoms with Crippen molar-refractivity contribution >= 4 is 29.4 Å². The molecular weight excluding hydrogens is 300 g/mol. The van der Waals surface area contributed by atoms with Crippen LogP contribution >= 0.6 is 0 Å². The fourth-order valence-electron chi connectivity index (χ4n) is 2.77. The highest BCUT2D eigenvalue weighted by Gasteiger charge is 2.29. The van der Waals surface area contributed by atoms with E-state index in [4.69, 9.17) is 0 Å². The number of benzene rings is 1. The monoisotopic (exact) mass is 318 g/mol.